The van der Waals surface area contributed by atoms with Gasteiger partial charge in [0, 0.05) is 25.0 Å². The predicted molar refractivity (Wildman–Crippen MR) is 114 cm³/mol. The van der Waals surface area contributed by atoms with E-state index in [-0.39, 0.29) is 17.3 Å². The van der Waals surface area contributed by atoms with Crippen LogP contribution in [0.15, 0.2) is 60.9 Å². The normalized spacial score (nSPS) is 10.6. The van der Waals surface area contributed by atoms with E-state index in [9.17, 15) is 5.26 Å². The van der Waals surface area contributed by atoms with Crippen LogP contribution in [-0.4, -0.2) is 26.3 Å². The number of aromatic nitrogens is 4. The quantitative estimate of drug-likeness (QED) is 0.514. The summed E-state index contributed by atoms with van der Waals surface area (Å²) in [4.78, 5) is 8.75. The van der Waals surface area contributed by atoms with E-state index in [4.69, 9.17) is 10.5 Å². The molecule has 0 radical (unpaired) electrons. The van der Waals surface area contributed by atoms with Crippen molar-refractivity contribution in [3.63, 3.8) is 0 Å². The van der Waals surface area contributed by atoms with Gasteiger partial charge in [0.1, 0.15) is 11.4 Å². The van der Waals surface area contributed by atoms with E-state index in [0.717, 1.165) is 5.56 Å². The van der Waals surface area contributed by atoms with Gasteiger partial charge in [0.2, 0.25) is 5.82 Å². The molecule has 0 atom stereocenters. The summed E-state index contributed by atoms with van der Waals surface area (Å²) in [6, 6.07) is 15.9. The number of hydrogen-bond donors (Lipinski definition) is 1. The molecule has 0 aliphatic heterocycles. The second-order valence-corrected chi connectivity index (χ2v) is 6.84. The summed E-state index contributed by atoms with van der Waals surface area (Å²) >= 11 is 0. The average Bonchev–Trinajstić information content (AvgIpc) is 3.09. The lowest BCUT2D eigenvalue weighted by atomic mass is 10.1. The molecule has 0 aliphatic carbocycles. The van der Waals surface area contributed by atoms with E-state index in [0.29, 0.717) is 35.5 Å². The lowest BCUT2D eigenvalue weighted by molar-refractivity contribution is 0.403. The Balaban J connectivity index is 1.75. The molecule has 0 unspecified atom stereocenters. The van der Waals surface area contributed by atoms with Crippen LogP contribution in [0, 0.1) is 17.1 Å². The van der Waals surface area contributed by atoms with Crippen molar-refractivity contribution < 1.29 is 9.13 Å². The van der Waals surface area contributed by atoms with E-state index in [2.05, 4.69) is 21.1 Å². The molecule has 0 fully saturated rings. The number of nitrogens with zero attached hydrogens (tertiary/aromatic N) is 5. The highest BCUT2D eigenvalue weighted by atomic mass is 19.1. The van der Waals surface area contributed by atoms with E-state index in [1.807, 2.05) is 18.2 Å². The summed E-state index contributed by atoms with van der Waals surface area (Å²) in [5.74, 6) is -0.0191. The maximum absolute atomic E-state index is 15.2. The molecule has 0 amide bonds. The first-order valence-corrected chi connectivity index (χ1v) is 9.62. The molecule has 0 saturated heterocycles. The molecule has 4 aromatic rings. The van der Waals surface area contributed by atoms with Gasteiger partial charge in [-0.05, 0) is 36.7 Å². The number of benzene rings is 2. The summed E-state index contributed by atoms with van der Waals surface area (Å²) in [7, 11) is 1.59. The van der Waals surface area contributed by atoms with Crippen LogP contribution in [0.3, 0.4) is 0 Å². The van der Waals surface area contributed by atoms with Crippen molar-refractivity contribution in [3.05, 3.63) is 77.9 Å². The van der Waals surface area contributed by atoms with Gasteiger partial charge in [-0.25, -0.2) is 14.6 Å². The Kier molecular flexibility index (Phi) is 5.69. The molecule has 2 aromatic heterocycles. The molecule has 2 N–H and O–H groups in total. The van der Waals surface area contributed by atoms with Gasteiger partial charge in [-0.2, -0.15) is 14.8 Å². The third-order valence-corrected chi connectivity index (χ3v) is 4.68. The van der Waals surface area contributed by atoms with Gasteiger partial charge >= 0.3 is 0 Å². The highest BCUT2D eigenvalue weighted by Crippen LogP contribution is 2.36. The van der Waals surface area contributed by atoms with E-state index >= 15 is 4.39 Å². The number of aryl methyl sites for hydroxylation is 1. The Labute approximate surface area is 178 Å². The van der Waals surface area contributed by atoms with Crippen LogP contribution in [0.25, 0.3) is 22.6 Å². The SMILES string of the molecule is Cn1nc(-c2ccccc2)c(F)c1Oc1cc(C#N)ccc1-c1ncc(CCN)cn1. The fourth-order valence-corrected chi connectivity index (χ4v) is 3.13. The maximum Gasteiger partial charge on any atom is 0.254 e. The van der Waals surface area contributed by atoms with Gasteiger partial charge in [0.25, 0.3) is 5.88 Å². The van der Waals surface area contributed by atoms with Crippen LogP contribution >= 0.6 is 0 Å². The summed E-state index contributed by atoms with van der Waals surface area (Å²) in [5, 5.41) is 13.6. The molecule has 0 spiro atoms. The van der Waals surface area contributed by atoms with Crippen molar-refractivity contribution in [2.24, 2.45) is 12.8 Å². The highest BCUT2D eigenvalue weighted by Gasteiger charge is 2.21. The third-order valence-electron chi connectivity index (χ3n) is 4.68. The molecule has 0 saturated carbocycles. The largest absolute Gasteiger partial charge is 0.436 e. The number of nitrogens with two attached hydrogens (primary N) is 1. The Bertz CT molecular complexity index is 1250. The zero-order valence-corrected chi connectivity index (χ0v) is 16.8. The number of halogens is 1. The van der Waals surface area contributed by atoms with Gasteiger partial charge in [-0.1, -0.05) is 30.3 Å². The fraction of sp³-hybridized carbons (Fsp3) is 0.130. The van der Waals surface area contributed by atoms with Gasteiger partial charge in [-0.3, -0.25) is 0 Å². The van der Waals surface area contributed by atoms with Crippen LogP contribution in [0.1, 0.15) is 11.1 Å². The van der Waals surface area contributed by atoms with Crippen LogP contribution < -0.4 is 10.5 Å². The molecule has 0 bridgehead atoms. The summed E-state index contributed by atoms with van der Waals surface area (Å²) < 4.78 is 22.4. The molecule has 2 aromatic carbocycles. The number of nitriles is 1. The fourth-order valence-electron chi connectivity index (χ4n) is 3.13. The smallest absolute Gasteiger partial charge is 0.254 e. The van der Waals surface area contributed by atoms with Crippen molar-refractivity contribution in [2.75, 3.05) is 6.54 Å². The molecule has 8 heteroatoms. The van der Waals surface area contributed by atoms with Crippen molar-refractivity contribution in [1.82, 2.24) is 19.7 Å². The zero-order valence-electron chi connectivity index (χ0n) is 16.8. The molecular weight excluding hydrogens is 395 g/mol. The van der Waals surface area contributed by atoms with Gasteiger partial charge in [0.15, 0.2) is 5.82 Å². The first kappa shape index (κ1) is 20.2. The lowest BCUT2D eigenvalue weighted by Crippen LogP contribution is -2.04. The molecule has 154 valence electrons. The van der Waals surface area contributed by atoms with E-state index < -0.39 is 5.82 Å². The second-order valence-electron chi connectivity index (χ2n) is 6.84. The van der Waals surface area contributed by atoms with Crippen molar-refractivity contribution in [1.29, 1.82) is 5.26 Å². The Morgan fingerprint density at radius 1 is 1.13 bits per heavy atom. The lowest BCUT2D eigenvalue weighted by Gasteiger charge is -2.11. The Hall–Kier alpha value is -4.09. The molecular formula is C23H19FN6O. The first-order chi connectivity index (χ1) is 15.1. The van der Waals surface area contributed by atoms with Crippen LogP contribution in [0.4, 0.5) is 4.39 Å². The van der Waals surface area contributed by atoms with Crippen LogP contribution in [0.5, 0.6) is 11.6 Å². The zero-order chi connectivity index (χ0) is 21.8. The number of ether oxygens (including phenoxy) is 1. The molecule has 2 heterocycles. The van der Waals surface area contributed by atoms with Gasteiger partial charge in [0.05, 0.1) is 17.2 Å². The minimum atomic E-state index is -0.596. The van der Waals surface area contributed by atoms with E-state index in [1.165, 1.54) is 10.7 Å². The predicted octanol–water partition coefficient (Wildman–Crippen LogP) is 3.85. The number of hydrogen-bond acceptors (Lipinski definition) is 6. The standard InChI is InChI=1S/C23H19FN6O/c1-30-23(20(24)21(29-30)17-5-3-2-4-6-17)31-19-11-15(12-26)7-8-18(19)22-27-13-16(9-10-25)14-28-22/h2-8,11,13-14H,9-10,25H2,1H3. The minimum absolute atomic E-state index is 0.0741. The van der Waals surface area contributed by atoms with Gasteiger partial charge in [-0.15, -0.1) is 0 Å². The second kappa shape index (κ2) is 8.73. The minimum Gasteiger partial charge on any atom is -0.436 e. The van der Waals surface area contributed by atoms with Crippen molar-refractivity contribution >= 4 is 0 Å². The van der Waals surface area contributed by atoms with Crippen molar-refractivity contribution in [3.8, 4) is 40.3 Å². The Morgan fingerprint density at radius 2 is 1.87 bits per heavy atom. The topological polar surface area (TPSA) is 103 Å². The molecule has 7 nitrogen and oxygen atoms in total. The molecule has 31 heavy (non-hydrogen) atoms. The van der Waals surface area contributed by atoms with Crippen molar-refractivity contribution in [2.45, 2.75) is 6.42 Å². The Morgan fingerprint density at radius 3 is 2.55 bits per heavy atom. The highest BCUT2D eigenvalue weighted by molar-refractivity contribution is 5.67. The first-order valence-electron chi connectivity index (χ1n) is 9.62. The third kappa shape index (κ3) is 4.13. The maximum atomic E-state index is 15.2. The van der Waals surface area contributed by atoms with Crippen LogP contribution in [0.2, 0.25) is 0 Å². The van der Waals surface area contributed by atoms with E-state index in [1.54, 1.807) is 43.7 Å². The summed E-state index contributed by atoms with van der Waals surface area (Å²) in [5.41, 5.74) is 8.19. The molecule has 0 aliphatic rings. The number of rotatable bonds is 6. The summed E-state index contributed by atoms with van der Waals surface area (Å²) in [6.45, 7) is 0.497. The monoisotopic (exact) mass is 414 g/mol. The average molecular weight is 414 g/mol. The molecule has 4 rings (SSSR count). The van der Waals surface area contributed by atoms with Crippen LogP contribution in [-0.2, 0) is 13.5 Å². The van der Waals surface area contributed by atoms with Gasteiger partial charge < -0.3 is 10.5 Å². The summed E-state index contributed by atoms with van der Waals surface area (Å²) in [6.07, 6.45) is 4.05.